The maximum Gasteiger partial charge on any atom is 0.330 e. The molecule has 6 heteroatoms. The molecule has 0 aliphatic carbocycles. The van der Waals surface area contributed by atoms with E-state index in [9.17, 15) is 9.59 Å². The number of carbonyl (C=O) groups excluding carboxylic acids is 1. The lowest BCUT2D eigenvalue weighted by Crippen LogP contribution is -2.49. The van der Waals surface area contributed by atoms with E-state index in [4.69, 9.17) is 0 Å². The van der Waals surface area contributed by atoms with Crippen molar-refractivity contribution in [3.8, 4) is 5.69 Å². The summed E-state index contributed by atoms with van der Waals surface area (Å²) in [6.07, 6.45) is 3.24. The molecular formula is C15H20N4O2. The highest BCUT2D eigenvalue weighted by Gasteiger charge is 2.25. The van der Waals surface area contributed by atoms with Crippen LogP contribution in [0.5, 0.6) is 0 Å². The molecule has 0 atom stereocenters. The molecule has 0 aliphatic heterocycles. The van der Waals surface area contributed by atoms with Gasteiger partial charge in [-0.3, -0.25) is 9.36 Å². The van der Waals surface area contributed by atoms with Crippen LogP contribution in [0.25, 0.3) is 5.69 Å². The van der Waals surface area contributed by atoms with E-state index < -0.39 is 5.54 Å². The molecule has 0 aliphatic rings. The van der Waals surface area contributed by atoms with Crippen molar-refractivity contribution in [2.24, 2.45) is 0 Å². The average Bonchev–Trinajstić information content (AvgIpc) is 2.86. The van der Waals surface area contributed by atoms with Gasteiger partial charge >= 0.3 is 5.69 Å². The molecule has 6 nitrogen and oxygen atoms in total. The second kappa shape index (κ2) is 5.97. The number of anilines is 1. The zero-order chi connectivity index (χ0) is 15.5. The summed E-state index contributed by atoms with van der Waals surface area (Å²) in [7, 11) is 0. The standard InChI is InChI=1S/C15H20N4O2/c1-4-17-15(2,3)13(20)18-11-5-7-12(8-6-11)19-10-9-16-14(19)21/h5-10,17H,4H2,1-3H3,(H,16,21)(H,18,20). The lowest BCUT2D eigenvalue weighted by atomic mass is 10.0. The van der Waals surface area contributed by atoms with Crippen LogP contribution < -0.4 is 16.3 Å². The SMILES string of the molecule is CCNC(C)(C)C(=O)Nc1ccc(-n2cc[nH]c2=O)cc1. The van der Waals surface area contributed by atoms with E-state index in [1.165, 1.54) is 4.57 Å². The van der Waals surface area contributed by atoms with Crippen molar-refractivity contribution in [2.75, 3.05) is 11.9 Å². The van der Waals surface area contributed by atoms with Crippen molar-refractivity contribution in [3.05, 3.63) is 47.1 Å². The number of aromatic amines is 1. The number of hydrogen-bond acceptors (Lipinski definition) is 3. The fourth-order valence-electron chi connectivity index (χ4n) is 2.04. The molecule has 0 unspecified atom stereocenters. The summed E-state index contributed by atoms with van der Waals surface area (Å²) in [6.45, 7) is 6.34. The average molecular weight is 288 g/mol. The zero-order valence-electron chi connectivity index (χ0n) is 12.4. The monoisotopic (exact) mass is 288 g/mol. The molecule has 1 amide bonds. The summed E-state index contributed by atoms with van der Waals surface area (Å²) in [4.78, 5) is 26.3. The molecule has 0 fully saturated rings. The first-order valence-corrected chi connectivity index (χ1v) is 6.87. The summed E-state index contributed by atoms with van der Waals surface area (Å²) < 4.78 is 1.49. The van der Waals surface area contributed by atoms with Crippen molar-refractivity contribution < 1.29 is 4.79 Å². The number of hydrogen-bond donors (Lipinski definition) is 3. The summed E-state index contributed by atoms with van der Waals surface area (Å²) >= 11 is 0. The third-order valence-corrected chi connectivity index (χ3v) is 3.24. The summed E-state index contributed by atoms with van der Waals surface area (Å²) in [5, 5.41) is 5.98. The van der Waals surface area contributed by atoms with Crippen LogP contribution >= 0.6 is 0 Å². The first kappa shape index (κ1) is 15.1. The Morgan fingerprint density at radius 2 is 1.95 bits per heavy atom. The van der Waals surface area contributed by atoms with E-state index in [2.05, 4.69) is 15.6 Å². The van der Waals surface area contributed by atoms with E-state index in [0.717, 1.165) is 12.2 Å². The highest BCUT2D eigenvalue weighted by Crippen LogP contribution is 2.14. The van der Waals surface area contributed by atoms with Gasteiger partial charge in [-0.05, 0) is 44.7 Å². The van der Waals surface area contributed by atoms with Gasteiger partial charge in [0.2, 0.25) is 5.91 Å². The Morgan fingerprint density at radius 1 is 1.29 bits per heavy atom. The molecule has 2 aromatic rings. The van der Waals surface area contributed by atoms with E-state index in [-0.39, 0.29) is 11.6 Å². The number of imidazole rings is 1. The quantitative estimate of drug-likeness (QED) is 0.780. The minimum atomic E-state index is -0.634. The molecule has 21 heavy (non-hydrogen) atoms. The van der Waals surface area contributed by atoms with Gasteiger partial charge in [0.05, 0.1) is 11.2 Å². The smallest absolute Gasteiger partial charge is 0.325 e. The van der Waals surface area contributed by atoms with E-state index in [1.54, 1.807) is 36.7 Å². The topological polar surface area (TPSA) is 78.9 Å². The van der Waals surface area contributed by atoms with Gasteiger partial charge in [0, 0.05) is 18.1 Å². The predicted octanol–water partition coefficient (Wildman–Crippen LogP) is 1.49. The van der Waals surface area contributed by atoms with E-state index in [1.807, 2.05) is 20.8 Å². The normalized spacial score (nSPS) is 11.4. The zero-order valence-corrected chi connectivity index (χ0v) is 12.4. The van der Waals surface area contributed by atoms with Gasteiger partial charge in [-0.25, -0.2) is 4.79 Å². The molecule has 0 radical (unpaired) electrons. The van der Waals surface area contributed by atoms with Crippen LogP contribution in [0.1, 0.15) is 20.8 Å². The van der Waals surface area contributed by atoms with Crippen molar-refractivity contribution >= 4 is 11.6 Å². The van der Waals surface area contributed by atoms with Gasteiger partial charge < -0.3 is 15.6 Å². The molecule has 112 valence electrons. The lowest BCUT2D eigenvalue weighted by molar-refractivity contribution is -0.121. The van der Waals surface area contributed by atoms with Crippen molar-refractivity contribution in [2.45, 2.75) is 26.3 Å². The fourth-order valence-corrected chi connectivity index (χ4v) is 2.04. The Kier molecular flexibility index (Phi) is 4.28. The predicted molar refractivity (Wildman–Crippen MR) is 82.8 cm³/mol. The number of nitrogens with zero attached hydrogens (tertiary/aromatic N) is 1. The van der Waals surface area contributed by atoms with Crippen LogP contribution in [0, 0.1) is 0 Å². The van der Waals surface area contributed by atoms with Crippen LogP contribution in [-0.2, 0) is 4.79 Å². The lowest BCUT2D eigenvalue weighted by Gasteiger charge is -2.24. The van der Waals surface area contributed by atoms with Crippen molar-refractivity contribution in [1.29, 1.82) is 0 Å². The second-order valence-corrected chi connectivity index (χ2v) is 5.29. The summed E-state index contributed by atoms with van der Waals surface area (Å²) in [6, 6.07) is 7.11. The highest BCUT2D eigenvalue weighted by atomic mass is 16.2. The number of benzene rings is 1. The van der Waals surface area contributed by atoms with Gasteiger partial charge in [-0.2, -0.15) is 0 Å². The molecule has 1 aromatic carbocycles. The van der Waals surface area contributed by atoms with Crippen molar-refractivity contribution in [1.82, 2.24) is 14.9 Å². The van der Waals surface area contributed by atoms with Crippen LogP contribution in [0.3, 0.4) is 0 Å². The summed E-state index contributed by atoms with van der Waals surface area (Å²) in [5.41, 5.74) is 0.605. The molecule has 3 N–H and O–H groups in total. The summed E-state index contributed by atoms with van der Waals surface area (Å²) in [5.74, 6) is -0.101. The number of carbonyl (C=O) groups is 1. The minimum absolute atomic E-state index is 0.101. The van der Waals surface area contributed by atoms with Gasteiger partial charge in [0.1, 0.15) is 0 Å². The van der Waals surface area contributed by atoms with Gasteiger partial charge in [-0.1, -0.05) is 6.92 Å². The number of rotatable bonds is 5. The third kappa shape index (κ3) is 3.41. The second-order valence-electron chi connectivity index (χ2n) is 5.29. The van der Waals surface area contributed by atoms with Crippen LogP contribution in [0.15, 0.2) is 41.5 Å². The fraction of sp³-hybridized carbons (Fsp3) is 0.333. The number of nitrogens with one attached hydrogen (secondary N) is 3. The molecule has 0 spiro atoms. The van der Waals surface area contributed by atoms with Crippen LogP contribution in [-0.4, -0.2) is 27.5 Å². The van der Waals surface area contributed by atoms with Gasteiger partial charge in [-0.15, -0.1) is 0 Å². The first-order chi connectivity index (χ1) is 9.94. The number of amides is 1. The van der Waals surface area contributed by atoms with E-state index >= 15 is 0 Å². The largest absolute Gasteiger partial charge is 0.330 e. The Balaban J connectivity index is 2.12. The number of likely N-dealkylation sites (N-methyl/N-ethyl adjacent to an activating group) is 1. The molecule has 0 bridgehead atoms. The molecule has 1 heterocycles. The Hall–Kier alpha value is -2.34. The molecule has 1 aromatic heterocycles. The minimum Gasteiger partial charge on any atom is -0.325 e. The maximum absolute atomic E-state index is 12.2. The maximum atomic E-state index is 12.2. The molecular weight excluding hydrogens is 268 g/mol. The van der Waals surface area contributed by atoms with Gasteiger partial charge in [0.15, 0.2) is 0 Å². The number of H-pyrrole nitrogens is 1. The first-order valence-electron chi connectivity index (χ1n) is 6.87. The Bertz CT molecular complexity index is 667. The van der Waals surface area contributed by atoms with Crippen molar-refractivity contribution in [3.63, 3.8) is 0 Å². The van der Waals surface area contributed by atoms with Crippen LogP contribution in [0.2, 0.25) is 0 Å². The Morgan fingerprint density at radius 3 is 2.48 bits per heavy atom. The third-order valence-electron chi connectivity index (χ3n) is 3.24. The number of aromatic nitrogens is 2. The highest BCUT2D eigenvalue weighted by molar-refractivity contribution is 5.97. The Labute approximate surface area is 123 Å². The molecule has 2 rings (SSSR count). The molecule has 0 saturated carbocycles. The van der Waals surface area contributed by atoms with Gasteiger partial charge in [0.25, 0.3) is 0 Å². The molecule has 0 saturated heterocycles. The van der Waals surface area contributed by atoms with Crippen LogP contribution in [0.4, 0.5) is 5.69 Å². The van der Waals surface area contributed by atoms with E-state index in [0.29, 0.717) is 5.69 Å².